The molecule has 17 heavy (non-hydrogen) atoms. The second kappa shape index (κ2) is 5.91. The Hall–Kier alpha value is -0.480. The Morgan fingerprint density at radius 2 is 1.94 bits per heavy atom. The third-order valence-electron chi connectivity index (χ3n) is 2.07. The van der Waals surface area contributed by atoms with Gasteiger partial charge in [-0.15, -0.1) is 23.1 Å². The molecule has 1 heterocycles. The van der Waals surface area contributed by atoms with Crippen molar-refractivity contribution in [3.63, 3.8) is 0 Å². The number of carbonyl (C=O) groups is 1. The second-order valence-electron chi connectivity index (χ2n) is 3.26. The van der Waals surface area contributed by atoms with Gasteiger partial charge in [-0.1, -0.05) is 41.4 Å². The van der Waals surface area contributed by atoms with Crippen LogP contribution in [0.2, 0.25) is 8.67 Å². The molecular weight excluding hydrogens is 295 g/mol. The Morgan fingerprint density at radius 1 is 1.24 bits per heavy atom. The van der Waals surface area contributed by atoms with Gasteiger partial charge < -0.3 is 0 Å². The summed E-state index contributed by atoms with van der Waals surface area (Å²) < 4.78 is 1.01. The molecule has 2 rings (SSSR count). The van der Waals surface area contributed by atoms with E-state index in [-0.39, 0.29) is 5.78 Å². The first-order chi connectivity index (χ1) is 8.16. The van der Waals surface area contributed by atoms with E-state index in [0.29, 0.717) is 20.0 Å². The van der Waals surface area contributed by atoms with Crippen molar-refractivity contribution in [3.8, 4) is 0 Å². The van der Waals surface area contributed by atoms with Gasteiger partial charge in [0.1, 0.15) is 4.34 Å². The lowest BCUT2D eigenvalue weighted by Crippen LogP contribution is -2.00. The molecular formula is C12H8Cl2OS2. The van der Waals surface area contributed by atoms with Gasteiger partial charge >= 0.3 is 0 Å². The molecule has 5 heteroatoms. The molecule has 0 amide bonds. The van der Waals surface area contributed by atoms with Gasteiger partial charge in [0.15, 0.2) is 5.78 Å². The maximum Gasteiger partial charge on any atom is 0.175 e. The highest BCUT2D eigenvalue weighted by atomic mass is 35.5. The van der Waals surface area contributed by atoms with Crippen LogP contribution in [0, 0.1) is 0 Å². The van der Waals surface area contributed by atoms with Crippen LogP contribution in [0.25, 0.3) is 0 Å². The molecule has 0 bridgehead atoms. The van der Waals surface area contributed by atoms with Gasteiger partial charge in [0.2, 0.25) is 0 Å². The third-order valence-corrected chi connectivity index (χ3v) is 4.57. The number of benzene rings is 1. The predicted molar refractivity (Wildman–Crippen MR) is 75.8 cm³/mol. The Labute approximate surface area is 118 Å². The summed E-state index contributed by atoms with van der Waals surface area (Å²) in [5.41, 5.74) is 0.519. The number of ketones is 1. The zero-order chi connectivity index (χ0) is 12.3. The molecule has 0 N–H and O–H groups in total. The molecule has 88 valence electrons. The highest BCUT2D eigenvalue weighted by Gasteiger charge is 2.14. The highest BCUT2D eigenvalue weighted by Crippen LogP contribution is 2.32. The fraction of sp³-hybridized carbons (Fsp3) is 0.0833. The first kappa shape index (κ1) is 13.0. The molecule has 1 nitrogen and oxygen atoms in total. The Bertz CT molecular complexity index is 523. The zero-order valence-electron chi connectivity index (χ0n) is 8.65. The van der Waals surface area contributed by atoms with Crippen LogP contribution in [0.1, 0.15) is 10.4 Å². The standard InChI is InChI=1S/C12H8Cl2OS2/c13-11-6-9(12(14)17-11)10(15)7-16-8-4-2-1-3-5-8/h1-6H,7H2. The maximum absolute atomic E-state index is 11.9. The summed E-state index contributed by atoms with van der Waals surface area (Å²) in [5, 5.41) is 0. The molecule has 0 fully saturated rings. The van der Waals surface area contributed by atoms with E-state index >= 15 is 0 Å². The molecule has 0 saturated carbocycles. The first-order valence-corrected chi connectivity index (χ1v) is 7.38. The van der Waals surface area contributed by atoms with Crippen molar-refractivity contribution >= 4 is 52.1 Å². The van der Waals surface area contributed by atoms with Gasteiger partial charge in [-0.2, -0.15) is 0 Å². The van der Waals surface area contributed by atoms with E-state index in [9.17, 15) is 4.79 Å². The van der Waals surface area contributed by atoms with E-state index in [0.717, 1.165) is 4.90 Å². The second-order valence-corrected chi connectivity index (χ2v) is 6.60. The molecule has 0 unspecified atom stereocenters. The van der Waals surface area contributed by atoms with E-state index in [2.05, 4.69) is 0 Å². The largest absolute Gasteiger partial charge is 0.293 e. The van der Waals surface area contributed by atoms with Gasteiger partial charge in [-0.3, -0.25) is 4.79 Å². The van der Waals surface area contributed by atoms with E-state index in [1.54, 1.807) is 6.07 Å². The predicted octanol–water partition coefficient (Wildman–Crippen LogP) is 5.03. The Morgan fingerprint density at radius 3 is 2.53 bits per heavy atom. The molecule has 0 aliphatic rings. The van der Waals surface area contributed by atoms with Crippen LogP contribution in [0.3, 0.4) is 0 Å². The number of thiophene rings is 1. The zero-order valence-corrected chi connectivity index (χ0v) is 11.8. The van der Waals surface area contributed by atoms with E-state index in [1.807, 2.05) is 30.3 Å². The van der Waals surface area contributed by atoms with Crippen LogP contribution >= 0.6 is 46.3 Å². The van der Waals surface area contributed by atoms with Gasteiger partial charge in [-0.25, -0.2) is 0 Å². The lowest BCUT2D eigenvalue weighted by Gasteiger charge is -2.00. The molecule has 0 spiro atoms. The number of halogens is 2. The minimum Gasteiger partial charge on any atom is -0.293 e. The fourth-order valence-corrected chi connectivity index (χ4v) is 3.58. The number of Topliss-reactive ketones (excluding diaryl/α,β-unsaturated/α-hetero) is 1. The highest BCUT2D eigenvalue weighted by molar-refractivity contribution is 8.00. The molecule has 2 aromatic rings. The van der Waals surface area contributed by atoms with E-state index in [4.69, 9.17) is 23.2 Å². The summed E-state index contributed by atoms with van der Waals surface area (Å²) >= 11 is 14.4. The molecule has 0 atom stereocenters. The monoisotopic (exact) mass is 302 g/mol. The topological polar surface area (TPSA) is 17.1 Å². The molecule has 0 aliphatic carbocycles. The van der Waals surface area contributed by atoms with Crippen molar-refractivity contribution < 1.29 is 4.79 Å². The van der Waals surface area contributed by atoms with E-state index in [1.165, 1.54) is 23.1 Å². The van der Waals surface area contributed by atoms with Crippen molar-refractivity contribution in [2.45, 2.75) is 4.90 Å². The lowest BCUT2D eigenvalue weighted by molar-refractivity contribution is 0.102. The van der Waals surface area contributed by atoms with Gasteiger partial charge in [0, 0.05) is 10.5 Å². The number of hydrogen-bond acceptors (Lipinski definition) is 3. The van der Waals surface area contributed by atoms with Crippen molar-refractivity contribution in [1.82, 2.24) is 0 Å². The average molecular weight is 303 g/mol. The number of thioether (sulfide) groups is 1. The van der Waals surface area contributed by atoms with Crippen LogP contribution in [0.15, 0.2) is 41.3 Å². The summed E-state index contributed by atoms with van der Waals surface area (Å²) in [7, 11) is 0. The Balaban J connectivity index is 2.01. The van der Waals surface area contributed by atoms with Crippen molar-refractivity contribution in [1.29, 1.82) is 0 Å². The van der Waals surface area contributed by atoms with Gasteiger partial charge in [0.25, 0.3) is 0 Å². The van der Waals surface area contributed by atoms with Crippen LogP contribution in [-0.2, 0) is 0 Å². The summed E-state index contributed by atoms with van der Waals surface area (Å²) in [6, 6.07) is 11.4. The summed E-state index contributed by atoms with van der Waals surface area (Å²) in [5.74, 6) is 0.378. The summed E-state index contributed by atoms with van der Waals surface area (Å²) in [6.45, 7) is 0. The SMILES string of the molecule is O=C(CSc1ccccc1)c1cc(Cl)sc1Cl. The normalized spacial score (nSPS) is 10.5. The Kier molecular flexibility index (Phi) is 4.51. The summed E-state index contributed by atoms with van der Waals surface area (Å²) in [4.78, 5) is 13.0. The average Bonchev–Trinajstić information content (AvgIpc) is 2.67. The van der Waals surface area contributed by atoms with Gasteiger partial charge in [-0.05, 0) is 18.2 Å². The maximum atomic E-state index is 11.9. The minimum atomic E-state index is 0.00648. The van der Waals surface area contributed by atoms with Gasteiger partial charge in [0.05, 0.1) is 10.1 Å². The number of carbonyl (C=O) groups excluding carboxylic acids is 1. The number of rotatable bonds is 4. The fourth-order valence-electron chi connectivity index (χ4n) is 1.27. The van der Waals surface area contributed by atoms with Crippen LogP contribution in [0.5, 0.6) is 0 Å². The summed E-state index contributed by atoms with van der Waals surface area (Å²) in [6.07, 6.45) is 0. The number of hydrogen-bond donors (Lipinski definition) is 0. The van der Waals surface area contributed by atoms with Crippen molar-refractivity contribution in [3.05, 3.63) is 50.6 Å². The first-order valence-electron chi connectivity index (χ1n) is 4.82. The molecule has 0 radical (unpaired) electrons. The quantitative estimate of drug-likeness (QED) is 0.582. The molecule has 1 aromatic carbocycles. The van der Waals surface area contributed by atoms with Crippen molar-refractivity contribution in [2.75, 3.05) is 5.75 Å². The third kappa shape index (κ3) is 3.49. The van der Waals surface area contributed by atoms with E-state index < -0.39 is 0 Å². The smallest absolute Gasteiger partial charge is 0.175 e. The molecule has 1 aromatic heterocycles. The molecule has 0 saturated heterocycles. The van der Waals surface area contributed by atoms with Crippen LogP contribution in [-0.4, -0.2) is 11.5 Å². The van der Waals surface area contributed by atoms with Crippen LogP contribution < -0.4 is 0 Å². The van der Waals surface area contributed by atoms with Crippen molar-refractivity contribution in [2.24, 2.45) is 0 Å². The van der Waals surface area contributed by atoms with Crippen LogP contribution in [0.4, 0.5) is 0 Å². The minimum absolute atomic E-state index is 0.00648. The lowest BCUT2D eigenvalue weighted by atomic mass is 10.2. The molecule has 0 aliphatic heterocycles.